The number of benzene rings is 1. The number of fused-ring (bicyclic) bond motifs is 1. The Hall–Kier alpha value is -2.08. The molecule has 0 atom stereocenters. The van der Waals surface area contributed by atoms with E-state index >= 15 is 0 Å². The van der Waals surface area contributed by atoms with Crippen molar-refractivity contribution in [3.05, 3.63) is 39.3 Å². The number of aromatic nitrogens is 1. The van der Waals surface area contributed by atoms with Crippen LogP contribution in [0.5, 0.6) is 11.5 Å². The largest absolute Gasteiger partial charge is 0.493 e. The average molecular weight is 360 g/mol. The van der Waals surface area contributed by atoms with Gasteiger partial charge in [-0.05, 0) is 29.7 Å². The van der Waals surface area contributed by atoms with Crippen molar-refractivity contribution < 1.29 is 14.3 Å². The summed E-state index contributed by atoms with van der Waals surface area (Å²) < 4.78 is 10.7. The molecule has 0 saturated heterocycles. The normalized spacial score (nSPS) is 13.7. The molecule has 0 N–H and O–H groups in total. The zero-order chi connectivity index (χ0) is 18.0. The maximum absolute atomic E-state index is 12.7. The molecule has 0 saturated carbocycles. The van der Waals surface area contributed by atoms with Gasteiger partial charge in [0.15, 0.2) is 11.5 Å². The highest BCUT2D eigenvalue weighted by molar-refractivity contribution is 7.09. The van der Waals surface area contributed by atoms with Gasteiger partial charge in [0.2, 0.25) is 5.91 Å². The van der Waals surface area contributed by atoms with Crippen LogP contribution in [0.1, 0.15) is 41.6 Å². The third-order valence-electron chi connectivity index (χ3n) is 4.47. The van der Waals surface area contributed by atoms with Crippen LogP contribution in [0, 0.1) is 0 Å². The van der Waals surface area contributed by atoms with Crippen molar-refractivity contribution in [2.45, 2.75) is 39.2 Å². The highest BCUT2D eigenvalue weighted by atomic mass is 32.1. The van der Waals surface area contributed by atoms with Crippen LogP contribution >= 0.6 is 11.3 Å². The molecular formula is C19H24N2O3S. The molecule has 2 heterocycles. The lowest BCUT2D eigenvalue weighted by Crippen LogP contribution is -2.37. The Bertz CT molecular complexity index is 770. The molecule has 0 spiro atoms. The molecular weight excluding hydrogens is 336 g/mol. The first-order valence-electron chi connectivity index (χ1n) is 8.47. The summed E-state index contributed by atoms with van der Waals surface area (Å²) in [5.74, 6) is 1.97. The fourth-order valence-corrected chi connectivity index (χ4v) is 3.87. The van der Waals surface area contributed by atoms with Crippen molar-refractivity contribution >= 4 is 17.2 Å². The molecule has 0 aliphatic carbocycles. The second-order valence-electron chi connectivity index (χ2n) is 6.55. The van der Waals surface area contributed by atoms with Crippen LogP contribution in [-0.4, -0.2) is 36.6 Å². The van der Waals surface area contributed by atoms with Gasteiger partial charge >= 0.3 is 0 Å². The minimum atomic E-state index is 0.126. The van der Waals surface area contributed by atoms with E-state index in [4.69, 9.17) is 9.47 Å². The molecule has 1 aromatic heterocycles. The molecule has 134 valence electrons. The van der Waals surface area contributed by atoms with Gasteiger partial charge in [0.05, 0.1) is 31.3 Å². The molecule has 1 aromatic carbocycles. The van der Waals surface area contributed by atoms with E-state index in [9.17, 15) is 4.79 Å². The SMILES string of the molecule is COc1cc2c(cc1OC)CN(C(=O)Cc1csc(C(C)C)n1)CC2. The van der Waals surface area contributed by atoms with Gasteiger partial charge < -0.3 is 14.4 Å². The number of methoxy groups -OCH3 is 2. The lowest BCUT2D eigenvalue weighted by Gasteiger charge is -2.29. The van der Waals surface area contributed by atoms with Gasteiger partial charge in [0.1, 0.15) is 0 Å². The summed E-state index contributed by atoms with van der Waals surface area (Å²) in [5, 5.41) is 3.09. The average Bonchev–Trinajstić information content (AvgIpc) is 3.08. The summed E-state index contributed by atoms with van der Waals surface area (Å²) in [6.07, 6.45) is 1.20. The van der Waals surface area contributed by atoms with Crippen LogP contribution < -0.4 is 9.47 Å². The van der Waals surface area contributed by atoms with Gasteiger partial charge in [-0.25, -0.2) is 4.98 Å². The molecule has 2 aromatic rings. The van der Waals surface area contributed by atoms with Crippen LogP contribution in [-0.2, 0) is 24.2 Å². The Morgan fingerprint density at radius 2 is 1.92 bits per heavy atom. The number of ether oxygens (including phenoxy) is 2. The van der Waals surface area contributed by atoms with Crippen LogP contribution in [0.2, 0.25) is 0 Å². The molecule has 25 heavy (non-hydrogen) atoms. The maximum atomic E-state index is 12.7. The Kier molecular flexibility index (Phi) is 5.27. The summed E-state index contributed by atoms with van der Waals surface area (Å²) >= 11 is 1.63. The van der Waals surface area contributed by atoms with Crippen LogP contribution in [0.4, 0.5) is 0 Å². The van der Waals surface area contributed by atoms with Crippen LogP contribution in [0.3, 0.4) is 0 Å². The predicted octanol–water partition coefficient (Wildman–Crippen LogP) is 3.41. The molecule has 3 rings (SSSR count). The molecule has 1 aliphatic rings. The number of hydrogen-bond acceptors (Lipinski definition) is 5. The molecule has 1 amide bonds. The Morgan fingerprint density at radius 3 is 2.52 bits per heavy atom. The fraction of sp³-hybridized carbons (Fsp3) is 0.474. The minimum Gasteiger partial charge on any atom is -0.493 e. The van der Waals surface area contributed by atoms with Crippen molar-refractivity contribution in [1.82, 2.24) is 9.88 Å². The van der Waals surface area contributed by atoms with Crippen molar-refractivity contribution in [1.29, 1.82) is 0 Å². The molecule has 1 aliphatic heterocycles. The fourth-order valence-electron chi connectivity index (χ4n) is 3.03. The first kappa shape index (κ1) is 17.7. The second-order valence-corrected chi connectivity index (χ2v) is 7.44. The van der Waals surface area contributed by atoms with Crippen molar-refractivity contribution in [2.75, 3.05) is 20.8 Å². The van der Waals surface area contributed by atoms with Crippen LogP contribution in [0.25, 0.3) is 0 Å². The number of carbonyl (C=O) groups excluding carboxylic acids is 1. The molecule has 5 nitrogen and oxygen atoms in total. The van der Waals surface area contributed by atoms with E-state index in [1.54, 1.807) is 25.6 Å². The van der Waals surface area contributed by atoms with Gasteiger partial charge in [-0.1, -0.05) is 13.8 Å². The van der Waals surface area contributed by atoms with Gasteiger partial charge in [0, 0.05) is 24.4 Å². The maximum Gasteiger partial charge on any atom is 0.228 e. The van der Waals surface area contributed by atoms with Crippen molar-refractivity contribution in [3.8, 4) is 11.5 Å². The lowest BCUT2D eigenvalue weighted by molar-refractivity contribution is -0.131. The summed E-state index contributed by atoms with van der Waals surface area (Å²) in [7, 11) is 3.27. The number of carbonyl (C=O) groups is 1. The number of rotatable bonds is 5. The van der Waals surface area contributed by atoms with Gasteiger partial charge in [-0.3, -0.25) is 4.79 Å². The summed E-state index contributed by atoms with van der Waals surface area (Å²) in [4.78, 5) is 19.1. The van der Waals surface area contributed by atoms with E-state index in [1.165, 1.54) is 5.56 Å². The van der Waals surface area contributed by atoms with E-state index in [0.717, 1.165) is 35.0 Å². The van der Waals surface area contributed by atoms with Crippen molar-refractivity contribution in [2.24, 2.45) is 0 Å². The highest BCUT2D eigenvalue weighted by Crippen LogP contribution is 2.33. The zero-order valence-corrected chi connectivity index (χ0v) is 16.0. The third-order valence-corrected chi connectivity index (χ3v) is 5.66. The first-order valence-corrected chi connectivity index (χ1v) is 9.35. The topological polar surface area (TPSA) is 51.7 Å². The highest BCUT2D eigenvalue weighted by Gasteiger charge is 2.23. The zero-order valence-electron chi connectivity index (χ0n) is 15.2. The van der Waals surface area contributed by atoms with E-state index in [-0.39, 0.29) is 5.91 Å². The van der Waals surface area contributed by atoms with E-state index in [1.807, 2.05) is 22.4 Å². The molecule has 0 unspecified atom stereocenters. The van der Waals surface area contributed by atoms with E-state index < -0.39 is 0 Å². The molecule has 0 bridgehead atoms. The number of hydrogen-bond donors (Lipinski definition) is 0. The molecule has 0 radical (unpaired) electrons. The van der Waals surface area contributed by atoms with Gasteiger partial charge in [-0.2, -0.15) is 0 Å². The van der Waals surface area contributed by atoms with Crippen LogP contribution in [0.15, 0.2) is 17.5 Å². The first-order chi connectivity index (χ1) is 12.0. The standard InChI is InChI=1S/C19H24N2O3S/c1-12(2)19-20-15(11-25-19)9-18(22)21-6-5-13-7-16(23-3)17(24-4)8-14(13)10-21/h7-8,11-12H,5-6,9-10H2,1-4H3. The summed E-state index contributed by atoms with van der Waals surface area (Å²) in [5.41, 5.74) is 3.22. The molecule has 6 heteroatoms. The van der Waals surface area contributed by atoms with Gasteiger partial charge in [0.25, 0.3) is 0 Å². The lowest BCUT2D eigenvalue weighted by atomic mass is 9.98. The quantitative estimate of drug-likeness (QED) is 0.820. The van der Waals surface area contributed by atoms with Gasteiger partial charge in [-0.15, -0.1) is 11.3 Å². The Balaban J connectivity index is 1.72. The second kappa shape index (κ2) is 7.44. The molecule has 0 fully saturated rings. The Labute approximate surface area is 152 Å². The van der Waals surface area contributed by atoms with E-state index in [2.05, 4.69) is 18.8 Å². The summed E-state index contributed by atoms with van der Waals surface area (Å²) in [6.45, 7) is 5.57. The number of amides is 1. The third kappa shape index (κ3) is 3.79. The monoisotopic (exact) mass is 360 g/mol. The minimum absolute atomic E-state index is 0.126. The van der Waals surface area contributed by atoms with E-state index in [0.29, 0.717) is 24.6 Å². The smallest absolute Gasteiger partial charge is 0.228 e. The van der Waals surface area contributed by atoms with Crippen molar-refractivity contribution in [3.63, 3.8) is 0 Å². The number of nitrogens with zero attached hydrogens (tertiary/aromatic N) is 2. The number of thiazole rings is 1. The summed E-state index contributed by atoms with van der Waals surface area (Å²) in [6, 6.07) is 4.00. The predicted molar refractivity (Wildman–Crippen MR) is 98.6 cm³/mol. The Morgan fingerprint density at radius 1 is 1.24 bits per heavy atom.